The van der Waals surface area contributed by atoms with E-state index in [1.807, 2.05) is 0 Å². The molecule has 0 spiro atoms. The number of anilines is 2. The normalized spacial score (nSPS) is 11.3. The molecular weight excluding hydrogens is 305 g/mol. The number of pyridine rings is 1. The van der Waals surface area contributed by atoms with Gasteiger partial charge in [0, 0.05) is 11.9 Å². The molecule has 1 aromatic carbocycles. The molecule has 0 radical (unpaired) electrons. The van der Waals surface area contributed by atoms with E-state index in [0.717, 1.165) is 17.7 Å². The number of hydrogen-bond acceptors (Lipinski definition) is 4. The minimum absolute atomic E-state index is 0.0548. The van der Waals surface area contributed by atoms with E-state index in [1.165, 1.54) is 6.20 Å². The zero-order valence-corrected chi connectivity index (χ0v) is 12.0. The van der Waals surface area contributed by atoms with Crippen LogP contribution in [0.5, 0.6) is 0 Å². The Bertz CT molecular complexity index is 765. The van der Waals surface area contributed by atoms with Crippen LogP contribution in [-0.4, -0.2) is 13.4 Å². The third-order valence-corrected chi connectivity index (χ3v) is 4.09. The number of sulfonamides is 1. The number of aryl methyl sites for hydroxylation is 1. The molecule has 0 saturated carbocycles. The van der Waals surface area contributed by atoms with Gasteiger partial charge in [0.05, 0.1) is 16.9 Å². The quantitative estimate of drug-likeness (QED) is 0.852. The number of hydrogen-bond donors (Lipinski definition) is 2. The van der Waals surface area contributed by atoms with Crippen LogP contribution >= 0.6 is 11.6 Å². The first kappa shape index (κ1) is 14.5. The highest BCUT2D eigenvalue weighted by Crippen LogP contribution is 2.27. The van der Waals surface area contributed by atoms with E-state index in [9.17, 15) is 12.8 Å². The summed E-state index contributed by atoms with van der Waals surface area (Å²) in [4.78, 5) is 3.24. The lowest BCUT2D eigenvalue weighted by atomic mass is 10.3. The van der Waals surface area contributed by atoms with Crippen LogP contribution in [0.15, 0.2) is 35.5 Å². The van der Waals surface area contributed by atoms with Crippen molar-refractivity contribution >= 4 is 33.0 Å². The number of benzene rings is 1. The van der Waals surface area contributed by atoms with Crippen molar-refractivity contribution < 1.29 is 12.8 Å². The van der Waals surface area contributed by atoms with Gasteiger partial charge in [0.25, 0.3) is 10.0 Å². The Morgan fingerprint density at radius 3 is 2.65 bits per heavy atom. The number of nitrogen functional groups attached to an aromatic ring is 1. The topological polar surface area (TPSA) is 85.1 Å². The van der Waals surface area contributed by atoms with Gasteiger partial charge >= 0.3 is 0 Å². The van der Waals surface area contributed by atoms with E-state index in [4.69, 9.17) is 17.3 Å². The second-order valence-electron chi connectivity index (χ2n) is 4.17. The molecule has 0 atom stereocenters. The lowest BCUT2D eigenvalue weighted by Gasteiger charge is -2.10. The predicted molar refractivity (Wildman–Crippen MR) is 75.6 cm³/mol. The average Bonchev–Trinajstić information content (AvgIpc) is 2.33. The molecule has 0 aliphatic rings. The van der Waals surface area contributed by atoms with Crippen LogP contribution in [0.25, 0.3) is 0 Å². The zero-order chi connectivity index (χ0) is 14.9. The van der Waals surface area contributed by atoms with Gasteiger partial charge in [0.1, 0.15) is 4.90 Å². The summed E-state index contributed by atoms with van der Waals surface area (Å²) in [5, 5.41) is -0.354. The van der Waals surface area contributed by atoms with Gasteiger partial charge in [-0.15, -0.1) is 0 Å². The van der Waals surface area contributed by atoms with Crippen LogP contribution < -0.4 is 10.5 Å². The fourth-order valence-corrected chi connectivity index (χ4v) is 3.05. The van der Waals surface area contributed by atoms with Crippen molar-refractivity contribution in [2.75, 3.05) is 10.5 Å². The molecule has 0 aliphatic carbocycles. The average molecular weight is 316 g/mol. The van der Waals surface area contributed by atoms with Crippen molar-refractivity contribution in [2.45, 2.75) is 11.8 Å². The van der Waals surface area contributed by atoms with Crippen LogP contribution in [0.3, 0.4) is 0 Å². The van der Waals surface area contributed by atoms with E-state index >= 15 is 0 Å². The highest BCUT2D eigenvalue weighted by molar-refractivity contribution is 7.92. The largest absolute Gasteiger partial charge is 0.399 e. The first-order chi connectivity index (χ1) is 9.29. The van der Waals surface area contributed by atoms with Crippen LogP contribution in [0.4, 0.5) is 15.8 Å². The molecule has 5 nitrogen and oxygen atoms in total. The first-order valence-corrected chi connectivity index (χ1v) is 7.35. The summed E-state index contributed by atoms with van der Waals surface area (Å²) < 4.78 is 40.4. The van der Waals surface area contributed by atoms with Gasteiger partial charge in [-0.1, -0.05) is 11.6 Å². The Labute approximate surface area is 120 Å². The number of rotatable bonds is 3. The molecule has 0 bridgehead atoms. The van der Waals surface area contributed by atoms with Crippen molar-refractivity contribution in [2.24, 2.45) is 0 Å². The number of nitrogens with zero attached hydrogens (tertiary/aromatic N) is 1. The van der Waals surface area contributed by atoms with E-state index < -0.39 is 20.7 Å². The van der Waals surface area contributed by atoms with E-state index in [-0.39, 0.29) is 16.4 Å². The monoisotopic (exact) mass is 315 g/mol. The van der Waals surface area contributed by atoms with Gasteiger partial charge in [-0.25, -0.2) is 12.8 Å². The molecule has 0 aliphatic heterocycles. The smallest absolute Gasteiger partial charge is 0.264 e. The molecule has 0 unspecified atom stereocenters. The van der Waals surface area contributed by atoms with Gasteiger partial charge in [-0.05, 0) is 30.7 Å². The van der Waals surface area contributed by atoms with Crippen molar-refractivity contribution in [3.05, 3.63) is 47.0 Å². The lowest BCUT2D eigenvalue weighted by Crippen LogP contribution is -2.15. The van der Waals surface area contributed by atoms with Crippen molar-refractivity contribution in [1.82, 2.24) is 4.98 Å². The fourth-order valence-electron chi connectivity index (χ4n) is 1.60. The summed E-state index contributed by atoms with van der Waals surface area (Å²) in [6.45, 7) is 1.75. The standard InChI is InChI=1S/C12H11ClFN3O2S/c1-7-2-9(6-16-5-7)17-20(18,19)11-4-8(15)3-10(13)12(11)14/h2-6,17H,15H2,1H3. The van der Waals surface area contributed by atoms with Crippen LogP contribution in [0.1, 0.15) is 5.56 Å². The molecule has 20 heavy (non-hydrogen) atoms. The fraction of sp³-hybridized carbons (Fsp3) is 0.0833. The Kier molecular flexibility index (Phi) is 3.82. The molecule has 0 fully saturated rings. The van der Waals surface area contributed by atoms with E-state index in [0.29, 0.717) is 0 Å². The van der Waals surface area contributed by atoms with Crippen molar-refractivity contribution in [1.29, 1.82) is 0 Å². The highest BCUT2D eigenvalue weighted by Gasteiger charge is 2.22. The highest BCUT2D eigenvalue weighted by atomic mass is 35.5. The number of halogens is 2. The molecule has 1 heterocycles. The van der Waals surface area contributed by atoms with Gasteiger partial charge in [-0.2, -0.15) is 0 Å². The summed E-state index contributed by atoms with van der Waals surface area (Å²) in [6, 6.07) is 3.72. The van der Waals surface area contributed by atoms with Crippen LogP contribution in [0, 0.1) is 12.7 Å². The SMILES string of the molecule is Cc1cncc(NS(=O)(=O)c2cc(N)cc(Cl)c2F)c1. The zero-order valence-electron chi connectivity index (χ0n) is 10.4. The van der Waals surface area contributed by atoms with Crippen LogP contribution in [0.2, 0.25) is 5.02 Å². The molecule has 2 aromatic rings. The van der Waals surface area contributed by atoms with E-state index in [2.05, 4.69) is 9.71 Å². The minimum Gasteiger partial charge on any atom is -0.399 e. The Hall–Kier alpha value is -1.86. The van der Waals surface area contributed by atoms with Gasteiger partial charge in [-0.3, -0.25) is 9.71 Å². The van der Waals surface area contributed by atoms with Gasteiger partial charge in [0.2, 0.25) is 0 Å². The molecule has 0 saturated heterocycles. The molecule has 0 amide bonds. The molecule has 3 N–H and O–H groups in total. The van der Waals surface area contributed by atoms with Crippen LogP contribution in [-0.2, 0) is 10.0 Å². The summed E-state index contributed by atoms with van der Waals surface area (Å²) >= 11 is 5.59. The van der Waals surface area contributed by atoms with Gasteiger partial charge < -0.3 is 5.73 Å². The predicted octanol–water partition coefficient (Wildman–Crippen LogP) is 2.57. The third kappa shape index (κ3) is 3.00. The summed E-state index contributed by atoms with van der Waals surface area (Å²) in [7, 11) is -4.14. The molecule has 1 aromatic heterocycles. The molecule has 8 heteroatoms. The summed E-state index contributed by atoms with van der Waals surface area (Å²) in [5.74, 6) is -1.05. The second kappa shape index (κ2) is 5.26. The summed E-state index contributed by atoms with van der Waals surface area (Å²) in [5.41, 5.74) is 6.53. The lowest BCUT2D eigenvalue weighted by molar-refractivity contribution is 0.571. The van der Waals surface area contributed by atoms with Crippen molar-refractivity contribution in [3.8, 4) is 0 Å². The van der Waals surface area contributed by atoms with Gasteiger partial charge in [0.15, 0.2) is 5.82 Å². The Balaban J connectivity index is 2.46. The number of nitrogens with two attached hydrogens (primary N) is 1. The second-order valence-corrected chi connectivity index (χ2v) is 6.23. The minimum atomic E-state index is -4.14. The molecular formula is C12H11ClFN3O2S. The third-order valence-electron chi connectivity index (χ3n) is 2.43. The maximum absolute atomic E-state index is 13.8. The Morgan fingerprint density at radius 2 is 2.00 bits per heavy atom. The molecule has 2 rings (SSSR count). The maximum atomic E-state index is 13.8. The first-order valence-electron chi connectivity index (χ1n) is 5.48. The maximum Gasteiger partial charge on any atom is 0.264 e. The molecule has 106 valence electrons. The van der Waals surface area contributed by atoms with E-state index in [1.54, 1.807) is 19.2 Å². The number of nitrogens with one attached hydrogen (secondary N) is 1. The summed E-state index contributed by atoms with van der Waals surface area (Å²) in [6.07, 6.45) is 2.88. The van der Waals surface area contributed by atoms with Crippen molar-refractivity contribution in [3.63, 3.8) is 0 Å². The number of aromatic nitrogens is 1. The Morgan fingerprint density at radius 1 is 1.30 bits per heavy atom.